The summed E-state index contributed by atoms with van der Waals surface area (Å²) < 4.78 is 1.90. The van der Waals surface area contributed by atoms with E-state index in [2.05, 4.69) is 16.2 Å². The van der Waals surface area contributed by atoms with Gasteiger partial charge in [-0.25, -0.2) is 4.98 Å². The van der Waals surface area contributed by atoms with Crippen LogP contribution in [0.5, 0.6) is 0 Å². The van der Waals surface area contributed by atoms with Gasteiger partial charge in [-0.15, -0.1) is 17.8 Å². The van der Waals surface area contributed by atoms with Crippen molar-refractivity contribution in [2.75, 3.05) is 6.54 Å². The first kappa shape index (κ1) is 9.74. The summed E-state index contributed by atoms with van der Waals surface area (Å²) in [5, 5.41) is 4.55. The molecule has 1 N–H and O–H groups in total. The highest BCUT2D eigenvalue weighted by molar-refractivity contribution is 7.15. The zero-order valence-electron chi connectivity index (χ0n) is 7.93. The Morgan fingerprint density at radius 3 is 3.33 bits per heavy atom. The molecule has 0 saturated heterocycles. The maximum Gasteiger partial charge on any atom is 0.226 e. The van der Waals surface area contributed by atoms with Gasteiger partial charge in [0.15, 0.2) is 4.96 Å². The summed E-state index contributed by atoms with van der Waals surface area (Å²) in [6, 6.07) is 0. The molecule has 0 bridgehead atoms. The Balaban J connectivity index is 2.03. The summed E-state index contributed by atoms with van der Waals surface area (Å²) >= 11 is 1.54. The maximum atomic E-state index is 11.3. The monoisotopic (exact) mass is 219 g/mol. The molecule has 1 amide bonds. The van der Waals surface area contributed by atoms with Crippen molar-refractivity contribution in [2.45, 2.75) is 6.42 Å². The Morgan fingerprint density at radius 2 is 2.60 bits per heavy atom. The van der Waals surface area contributed by atoms with E-state index in [1.807, 2.05) is 22.2 Å². The minimum Gasteiger partial charge on any atom is -0.345 e. The number of thiazole rings is 1. The van der Waals surface area contributed by atoms with Gasteiger partial charge in [-0.1, -0.05) is 5.92 Å². The van der Waals surface area contributed by atoms with Gasteiger partial charge in [0, 0.05) is 17.8 Å². The molecule has 4 nitrogen and oxygen atoms in total. The van der Waals surface area contributed by atoms with E-state index in [0.717, 1.165) is 10.7 Å². The third kappa shape index (κ3) is 2.17. The predicted octanol–water partition coefficient (Wildman–Crippen LogP) is 0.688. The van der Waals surface area contributed by atoms with Crippen molar-refractivity contribution in [3.05, 3.63) is 23.5 Å². The van der Waals surface area contributed by atoms with E-state index >= 15 is 0 Å². The van der Waals surface area contributed by atoms with Crippen LogP contribution in [0.4, 0.5) is 0 Å². The highest BCUT2D eigenvalue weighted by atomic mass is 32.1. The Hall–Kier alpha value is -1.80. The number of rotatable bonds is 3. The second kappa shape index (κ2) is 4.15. The van der Waals surface area contributed by atoms with Crippen LogP contribution in [0.25, 0.3) is 4.96 Å². The van der Waals surface area contributed by atoms with Crippen molar-refractivity contribution in [1.29, 1.82) is 0 Å². The molecule has 0 radical (unpaired) electrons. The SMILES string of the molecule is C#CCNC(=O)Cc1cn2ccsc2n1. The molecule has 76 valence electrons. The number of imidazole rings is 1. The normalized spacial score (nSPS) is 10.1. The number of aromatic nitrogens is 2. The molecular weight excluding hydrogens is 210 g/mol. The van der Waals surface area contributed by atoms with Crippen LogP contribution in [-0.2, 0) is 11.2 Å². The molecule has 5 heteroatoms. The van der Waals surface area contributed by atoms with Gasteiger partial charge in [-0.2, -0.15) is 0 Å². The number of hydrogen-bond donors (Lipinski definition) is 1. The Labute approximate surface area is 90.9 Å². The van der Waals surface area contributed by atoms with Crippen molar-refractivity contribution < 1.29 is 4.79 Å². The van der Waals surface area contributed by atoms with Gasteiger partial charge in [0.05, 0.1) is 18.7 Å². The molecule has 0 unspecified atom stereocenters. The lowest BCUT2D eigenvalue weighted by Crippen LogP contribution is -2.25. The standard InChI is InChI=1S/C10H9N3OS/c1-2-3-11-9(14)6-8-7-13-4-5-15-10(13)12-8/h1,4-5,7H,3,6H2,(H,11,14). The number of nitrogens with zero attached hydrogens (tertiary/aromatic N) is 2. The number of amides is 1. The minimum atomic E-state index is -0.0984. The highest BCUT2D eigenvalue weighted by Crippen LogP contribution is 2.11. The molecule has 2 heterocycles. The van der Waals surface area contributed by atoms with E-state index in [0.29, 0.717) is 0 Å². The first-order valence-electron chi connectivity index (χ1n) is 4.41. The summed E-state index contributed by atoms with van der Waals surface area (Å²) in [6.07, 6.45) is 9.07. The first-order chi connectivity index (χ1) is 7.29. The fourth-order valence-corrected chi connectivity index (χ4v) is 1.96. The van der Waals surface area contributed by atoms with Crippen molar-refractivity contribution >= 4 is 22.2 Å². The molecule has 2 aromatic heterocycles. The maximum absolute atomic E-state index is 11.3. The number of hydrogen-bond acceptors (Lipinski definition) is 3. The largest absolute Gasteiger partial charge is 0.345 e. The molecule has 2 aromatic rings. The van der Waals surface area contributed by atoms with Crippen molar-refractivity contribution in [3.8, 4) is 12.3 Å². The summed E-state index contributed by atoms with van der Waals surface area (Å²) in [7, 11) is 0. The van der Waals surface area contributed by atoms with Crippen molar-refractivity contribution in [3.63, 3.8) is 0 Å². The molecule has 0 atom stereocenters. The van der Waals surface area contributed by atoms with Gasteiger partial charge in [0.25, 0.3) is 0 Å². The van der Waals surface area contributed by atoms with Gasteiger partial charge >= 0.3 is 0 Å². The lowest BCUT2D eigenvalue weighted by molar-refractivity contribution is -0.120. The van der Waals surface area contributed by atoms with E-state index in [4.69, 9.17) is 6.42 Å². The second-order valence-corrected chi connectivity index (χ2v) is 3.86. The first-order valence-corrected chi connectivity index (χ1v) is 5.29. The van der Waals surface area contributed by atoms with Crippen molar-refractivity contribution in [2.24, 2.45) is 0 Å². The second-order valence-electron chi connectivity index (χ2n) is 2.98. The van der Waals surface area contributed by atoms with Crippen molar-refractivity contribution in [1.82, 2.24) is 14.7 Å². The van der Waals surface area contributed by atoms with Crippen LogP contribution in [0, 0.1) is 12.3 Å². The molecule has 0 aliphatic rings. The number of nitrogens with one attached hydrogen (secondary N) is 1. The van der Waals surface area contributed by atoms with E-state index in [9.17, 15) is 4.79 Å². The van der Waals surface area contributed by atoms with Gasteiger partial charge in [-0.3, -0.25) is 9.20 Å². The van der Waals surface area contributed by atoms with Crippen LogP contribution in [0.3, 0.4) is 0 Å². The van der Waals surface area contributed by atoms with E-state index in [1.165, 1.54) is 0 Å². The fraction of sp³-hybridized carbons (Fsp3) is 0.200. The van der Waals surface area contributed by atoms with E-state index in [-0.39, 0.29) is 18.9 Å². The van der Waals surface area contributed by atoms with Crippen LogP contribution in [-0.4, -0.2) is 21.8 Å². The number of carbonyl (C=O) groups is 1. The summed E-state index contributed by atoms with van der Waals surface area (Å²) in [4.78, 5) is 16.5. The molecule has 0 fully saturated rings. The zero-order valence-corrected chi connectivity index (χ0v) is 8.75. The molecule has 0 spiro atoms. The predicted molar refractivity (Wildman–Crippen MR) is 58.6 cm³/mol. The van der Waals surface area contributed by atoms with Crippen LogP contribution in [0.1, 0.15) is 5.69 Å². The average molecular weight is 219 g/mol. The zero-order chi connectivity index (χ0) is 10.7. The Bertz CT molecular complexity index is 491. The molecular formula is C10H9N3OS. The molecule has 15 heavy (non-hydrogen) atoms. The summed E-state index contributed by atoms with van der Waals surface area (Å²) in [5.74, 6) is 2.25. The number of carbonyl (C=O) groups excluding carboxylic acids is 1. The van der Waals surface area contributed by atoms with E-state index < -0.39 is 0 Å². The molecule has 0 saturated carbocycles. The molecule has 0 aromatic carbocycles. The topological polar surface area (TPSA) is 46.4 Å². The van der Waals surface area contributed by atoms with Crippen LogP contribution in [0.2, 0.25) is 0 Å². The summed E-state index contributed by atoms with van der Waals surface area (Å²) in [5.41, 5.74) is 0.761. The fourth-order valence-electron chi connectivity index (χ4n) is 1.24. The lowest BCUT2D eigenvalue weighted by Gasteiger charge is -1.97. The number of terminal acetylenes is 1. The smallest absolute Gasteiger partial charge is 0.226 e. The van der Waals surface area contributed by atoms with Gasteiger partial charge in [0.2, 0.25) is 5.91 Å². The van der Waals surface area contributed by atoms with Gasteiger partial charge < -0.3 is 5.32 Å². The van der Waals surface area contributed by atoms with Crippen LogP contribution < -0.4 is 5.32 Å². The lowest BCUT2D eigenvalue weighted by atomic mass is 10.3. The Kier molecular flexibility index (Phi) is 2.70. The molecule has 0 aliphatic heterocycles. The third-order valence-electron chi connectivity index (χ3n) is 1.87. The van der Waals surface area contributed by atoms with Crippen LogP contribution in [0.15, 0.2) is 17.8 Å². The van der Waals surface area contributed by atoms with Crippen LogP contribution >= 0.6 is 11.3 Å². The van der Waals surface area contributed by atoms with E-state index in [1.54, 1.807) is 11.3 Å². The average Bonchev–Trinajstić information content (AvgIpc) is 2.74. The Morgan fingerprint density at radius 1 is 1.73 bits per heavy atom. The van der Waals surface area contributed by atoms with Gasteiger partial charge in [-0.05, 0) is 0 Å². The molecule has 0 aliphatic carbocycles. The summed E-state index contributed by atoms with van der Waals surface area (Å²) in [6.45, 7) is 0.265. The number of fused-ring (bicyclic) bond motifs is 1. The highest BCUT2D eigenvalue weighted by Gasteiger charge is 2.06. The quantitative estimate of drug-likeness (QED) is 0.772. The minimum absolute atomic E-state index is 0.0984. The third-order valence-corrected chi connectivity index (χ3v) is 2.64. The van der Waals surface area contributed by atoms with Gasteiger partial charge in [0.1, 0.15) is 0 Å². The molecule has 2 rings (SSSR count).